The van der Waals surface area contributed by atoms with Crippen LogP contribution < -0.4 is 5.73 Å². The molecule has 1 amide bonds. The van der Waals surface area contributed by atoms with Crippen LogP contribution in [-0.4, -0.2) is 16.1 Å². The molecule has 1 atom stereocenters. The maximum Gasteiger partial charge on any atom is 0.249 e. The van der Waals surface area contributed by atoms with E-state index in [0.717, 1.165) is 0 Å². The molecule has 1 aromatic rings. The molecule has 1 aromatic carbocycles. The summed E-state index contributed by atoms with van der Waals surface area (Å²) in [5, 5.41) is 0. The molecule has 70 valence electrons. The fraction of sp³-hybridized carbons (Fsp3) is 0.125. The van der Waals surface area contributed by atoms with Gasteiger partial charge in [-0.3, -0.25) is 9.00 Å². The number of amides is 1. The van der Waals surface area contributed by atoms with E-state index in [1.54, 1.807) is 12.1 Å². The largest absolute Gasteiger partial charge is 0.366 e. The van der Waals surface area contributed by atoms with Crippen molar-refractivity contribution in [3.63, 3.8) is 0 Å². The van der Waals surface area contributed by atoms with E-state index in [-0.39, 0.29) is 10.5 Å². The van der Waals surface area contributed by atoms with Gasteiger partial charge in [-0.15, -0.1) is 0 Å². The molecule has 0 radical (unpaired) electrons. The minimum Gasteiger partial charge on any atom is -0.366 e. The van der Waals surface area contributed by atoms with E-state index in [9.17, 15) is 13.4 Å². The Balaban J connectivity index is 3.19. The van der Waals surface area contributed by atoms with Gasteiger partial charge in [0.2, 0.25) is 5.91 Å². The fourth-order valence-corrected chi connectivity index (χ4v) is 1.69. The predicted octanol–water partition coefficient (Wildman–Crippen LogP) is 0.820. The first-order valence-electron chi connectivity index (χ1n) is 3.50. The zero-order valence-corrected chi connectivity index (χ0v) is 7.51. The Morgan fingerprint density at radius 1 is 1.46 bits per heavy atom. The second-order valence-corrected chi connectivity index (χ2v) is 3.66. The van der Waals surface area contributed by atoms with Crippen LogP contribution in [0.2, 0.25) is 0 Å². The molecule has 0 aliphatic rings. The standard InChI is InChI=1S/C8H8FNO2S/c9-5-13(12)7-4-2-1-3-6(7)8(10)11/h1-4H,5H2,(H2,10,11). The van der Waals surface area contributed by atoms with Crippen molar-refractivity contribution in [2.24, 2.45) is 5.73 Å². The first-order valence-corrected chi connectivity index (χ1v) is 4.82. The van der Waals surface area contributed by atoms with Crippen molar-refractivity contribution >= 4 is 16.7 Å². The summed E-state index contributed by atoms with van der Waals surface area (Å²) in [4.78, 5) is 11.0. The highest BCUT2D eigenvalue weighted by molar-refractivity contribution is 7.85. The zero-order chi connectivity index (χ0) is 9.84. The van der Waals surface area contributed by atoms with Crippen LogP contribution in [-0.2, 0) is 10.8 Å². The average Bonchev–Trinajstić information content (AvgIpc) is 2.16. The molecular formula is C8H8FNO2S. The minimum absolute atomic E-state index is 0.110. The van der Waals surface area contributed by atoms with E-state index < -0.39 is 22.7 Å². The van der Waals surface area contributed by atoms with E-state index in [1.165, 1.54) is 12.1 Å². The lowest BCUT2D eigenvalue weighted by molar-refractivity contribution is 0.0997. The molecule has 5 heteroatoms. The van der Waals surface area contributed by atoms with Gasteiger partial charge < -0.3 is 5.73 Å². The number of nitrogens with two attached hydrogens (primary N) is 1. The summed E-state index contributed by atoms with van der Waals surface area (Å²) in [6, 6.07) is 5.00. The lowest BCUT2D eigenvalue weighted by Crippen LogP contribution is -2.14. The molecule has 0 heterocycles. The van der Waals surface area contributed by atoms with Gasteiger partial charge >= 0.3 is 0 Å². The maximum absolute atomic E-state index is 12.1. The van der Waals surface area contributed by atoms with Crippen molar-refractivity contribution in [2.45, 2.75) is 4.90 Å². The number of hydrogen-bond donors (Lipinski definition) is 1. The van der Waals surface area contributed by atoms with E-state index in [1.807, 2.05) is 0 Å². The minimum atomic E-state index is -1.79. The Bertz CT molecular complexity index is 354. The second kappa shape index (κ2) is 4.13. The monoisotopic (exact) mass is 201 g/mol. The molecule has 0 fully saturated rings. The van der Waals surface area contributed by atoms with Crippen LogP contribution in [0.25, 0.3) is 0 Å². The zero-order valence-electron chi connectivity index (χ0n) is 6.70. The van der Waals surface area contributed by atoms with E-state index in [0.29, 0.717) is 0 Å². The van der Waals surface area contributed by atoms with Crippen LogP contribution in [0.15, 0.2) is 29.2 Å². The van der Waals surface area contributed by atoms with E-state index >= 15 is 0 Å². The fourth-order valence-electron chi connectivity index (χ4n) is 0.928. The van der Waals surface area contributed by atoms with Crippen LogP contribution in [0.5, 0.6) is 0 Å². The second-order valence-electron chi connectivity index (χ2n) is 2.32. The normalized spacial score (nSPS) is 12.4. The summed E-state index contributed by atoms with van der Waals surface area (Å²) in [5.41, 5.74) is 5.12. The Kier molecular flexibility index (Phi) is 3.13. The number of hydrogen-bond acceptors (Lipinski definition) is 2. The van der Waals surface area contributed by atoms with Crippen LogP contribution >= 0.6 is 0 Å². The van der Waals surface area contributed by atoms with E-state index in [2.05, 4.69) is 0 Å². The molecule has 0 saturated carbocycles. The smallest absolute Gasteiger partial charge is 0.249 e. The van der Waals surface area contributed by atoms with Crippen molar-refractivity contribution < 1.29 is 13.4 Å². The van der Waals surface area contributed by atoms with Crippen molar-refractivity contribution in [3.8, 4) is 0 Å². The van der Waals surface area contributed by atoms with Crippen LogP contribution in [0.1, 0.15) is 10.4 Å². The number of alkyl halides is 1. The maximum atomic E-state index is 12.1. The molecule has 0 spiro atoms. The Morgan fingerprint density at radius 2 is 2.08 bits per heavy atom. The van der Waals surface area contributed by atoms with Gasteiger partial charge in [0.1, 0.15) is 0 Å². The third-order valence-electron chi connectivity index (χ3n) is 1.50. The molecule has 1 unspecified atom stereocenters. The van der Waals surface area contributed by atoms with Gasteiger partial charge in [-0.1, -0.05) is 12.1 Å². The van der Waals surface area contributed by atoms with Gasteiger partial charge in [-0.25, -0.2) is 4.39 Å². The van der Waals surface area contributed by atoms with Gasteiger partial charge in [-0.05, 0) is 12.1 Å². The molecule has 0 saturated heterocycles. The lowest BCUT2D eigenvalue weighted by atomic mass is 10.2. The molecule has 2 N–H and O–H groups in total. The quantitative estimate of drug-likeness (QED) is 0.787. The molecule has 3 nitrogen and oxygen atoms in total. The average molecular weight is 201 g/mol. The number of primary amides is 1. The molecule has 0 aliphatic carbocycles. The molecule has 1 rings (SSSR count). The van der Waals surface area contributed by atoms with Crippen LogP contribution in [0, 0.1) is 0 Å². The number of benzene rings is 1. The Labute approximate surface area is 77.2 Å². The summed E-state index contributed by atoms with van der Waals surface area (Å²) in [6.45, 7) is 0. The van der Waals surface area contributed by atoms with Crippen molar-refractivity contribution in [1.82, 2.24) is 0 Å². The summed E-state index contributed by atoms with van der Waals surface area (Å²) in [6.07, 6.45) is 0. The van der Waals surface area contributed by atoms with Gasteiger partial charge in [-0.2, -0.15) is 0 Å². The third-order valence-corrected chi connectivity index (χ3v) is 2.54. The number of rotatable bonds is 3. The van der Waals surface area contributed by atoms with Crippen LogP contribution in [0.4, 0.5) is 4.39 Å². The molecule has 0 bridgehead atoms. The Hall–Kier alpha value is -1.23. The van der Waals surface area contributed by atoms with Crippen LogP contribution in [0.3, 0.4) is 0 Å². The topological polar surface area (TPSA) is 60.2 Å². The predicted molar refractivity (Wildman–Crippen MR) is 47.3 cm³/mol. The number of carbonyl (C=O) groups excluding carboxylic acids is 1. The summed E-state index contributed by atoms with van der Waals surface area (Å²) < 4.78 is 23.1. The van der Waals surface area contributed by atoms with Gasteiger partial charge in [0, 0.05) is 0 Å². The number of carbonyl (C=O) groups is 1. The van der Waals surface area contributed by atoms with Gasteiger partial charge in [0.05, 0.1) is 21.3 Å². The summed E-state index contributed by atoms with van der Waals surface area (Å²) in [7, 11) is -1.79. The number of halogens is 1. The van der Waals surface area contributed by atoms with Crippen molar-refractivity contribution in [3.05, 3.63) is 29.8 Å². The van der Waals surface area contributed by atoms with Gasteiger partial charge in [0.25, 0.3) is 0 Å². The molecule has 13 heavy (non-hydrogen) atoms. The van der Waals surface area contributed by atoms with Crippen molar-refractivity contribution in [1.29, 1.82) is 0 Å². The molecule has 0 aromatic heterocycles. The van der Waals surface area contributed by atoms with E-state index in [4.69, 9.17) is 5.73 Å². The molecule has 0 aliphatic heterocycles. The highest BCUT2D eigenvalue weighted by atomic mass is 32.2. The highest BCUT2D eigenvalue weighted by Crippen LogP contribution is 2.13. The third kappa shape index (κ3) is 2.12. The van der Waals surface area contributed by atoms with Crippen molar-refractivity contribution in [2.75, 3.05) is 6.01 Å². The Morgan fingerprint density at radius 3 is 2.62 bits per heavy atom. The SMILES string of the molecule is NC(=O)c1ccccc1S(=O)CF. The summed E-state index contributed by atoms with van der Waals surface area (Å²) in [5.74, 6) is -0.697. The highest BCUT2D eigenvalue weighted by Gasteiger charge is 2.12. The lowest BCUT2D eigenvalue weighted by Gasteiger charge is -2.02. The summed E-state index contributed by atoms with van der Waals surface area (Å²) >= 11 is 0. The first kappa shape index (κ1) is 9.85. The molecular weight excluding hydrogens is 193 g/mol. The first-order chi connectivity index (χ1) is 6.16. The van der Waals surface area contributed by atoms with Gasteiger partial charge in [0.15, 0.2) is 6.01 Å².